The van der Waals surface area contributed by atoms with Crippen molar-refractivity contribution in [1.29, 1.82) is 0 Å². The van der Waals surface area contributed by atoms with Crippen LogP contribution in [0.15, 0.2) is 55.1 Å². The lowest BCUT2D eigenvalue weighted by atomic mass is 10.1. The number of nitrogens with zero attached hydrogens (tertiary/aromatic N) is 4. The van der Waals surface area contributed by atoms with Gasteiger partial charge < -0.3 is 4.57 Å². The Labute approximate surface area is 163 Å². The second kappa shape index (κ2) is 7.20. The lowest BCUT2D eigenvalue weighted by Crippen LogP contribution is -2.12. The lowest BCUT2D eigenvalue weighted by Gasteiger charge is -2.06. The molecule has 0 saturated heterocycles. The number of nitro benzene ring substituents is 1. The molecule has 0 saturated carbocycles. The monoisotopic (exact) mass is 393 g/mol. The average Bonchev–Trinajstić information content (AvgIpc) is 3.36. The molecule has 9 heteroatoms. The van der Waals surface area contributed by atoms with Gasteiger partial charge in [-0.05, 0) is 36.2 Å². The Morgan fingerprint density at radius 1 is 1.29 bits per heavy atom. The van der Waals surface area contributed by atoms with E-state index in [4.69, 9.17) is 0 Å². The van der Waals surface area contributed by atoms with Gasteiger partial charge in [-0.3, -0.25) is 20.2 Å². The molecule has 140 valence electrons. The molecule has 1 N–H and O–H groups in total. The number of hydrogen-bond donors (Lipinski definition) is 1. The number of rotatable bonds is 5. The number of benzene rings is 2. The first-order valence-corrected chi connectivity index (χ1v) is 9.34. The third-order valence-electron chi connectivity index (χ3n) is 4.30. The van der Waals surface area contributed by atoms with Gasteiger partial charge >= 0.3 is 0 Å². The number of amides is 1. The Kier molecular flexibility index (Phi) is 4.58. The van der Waals surface area contributed by atoms with E-state index in [0.717, 1.165) is 16.6 Å². The normalized spacial score (nSPS) is 10.9. The predicted molar refractivity (Wildman–Crippen MR) is 107 cm³/mol. The van der Waals surface area contributed by atoms with Gasteiger partial charge in [-0.1, -0.05) is 24.3 Å². The summed E-state index contributed by atoms with van der Waals surface area (Å²) in [5, 5.41) is 14.6. The summed E-state index contributed by atoms with van der Waals surface area (Å²) in [6.45, 7) is 2.07. The first-order valence-electron chi connectivity index (χ1n) is 8.52. The molecule has 4 aromatic rings. The highest BCUT2D eigenvalue weighted by Gasteiger charge is 2.19. The van der Waals surface area contributed by atoms with E-state index in [9.17, 15) is 14.9 Å². The quantitative estimate of drug-likeness (QED) is 0.404. The van der Waals surface area contributed by atoms with Gasteiger partial charge in [0, 0.05) is 24.0 Å². The third kappa shape index (κ3) is 3.35. The molecule has 2 heterocycles. The topological polar surface area (TPSA) is 103 Å². The molecule has 2 aromatic carbocycles. The standard InChI is InChI=1S/C19H15N5O3S/c1-2-12-3-5-14-17(9-12)28-19(21-14)22-18(25)13-4-6-15(16(10-13)24(26)27)23-8-7-20-11-23/h3-11H,2H2,1H3,(H,21,22,25). The van der Waals surface area contributed by atoms with Crippen molar-refractivity contribution in [3.63, 3.8) is 0 Å². The summed E-state index contributed by atoms with van der Waals surface area (Å²) in [6, 6.07) is 10.3. The van der Waals surface area contributed by atoms with Crippen molar-refractivity contribution in [3.8, 4) is 5.69 Å². The largest absolute Gasteiger partial charge is 0.300 e. The van der Waals surface area contributed by atoms with Crippen LogP contribution in [0.25, 0.3) is 15.9 Å². The molecule has 8 nitrogen and oxygen atoms in total. The number of carbonyl (C=O) groups excluding carboxylic acids is 1. The highest BCUT2D eigenvalue weighted by atomic mass is 32.1. The SMILES string of the molecule is CCc1ccc2nc(NC(=O)c3ccc(-n4ccnc4)c([N+](=O)[O-])c3)sc2c1. The molecule has 0 bridgehead atoms. The predicted octanol–water partition coefficient (Wildman–Crippen LogP) is 4.20. The van der Waals surface area contributed by atoms with E-state index in [1.807, 2.05) is 18.2 Å². The van der Waals surface area contributed by atoms with Crippen LogP contribution in [0.2, 0.25) is 0 Å². The van der Waals surface area contributed by atoms with Crippen LogP contribution in [0.3, 0.4) is 0 Å². The van der Waals surface area contributed by atoms with Crippen molar-refractivity contribution in [2.45, 2.75) is 13.3 Å². The highest BCUT2D eigenvalue weighted by Crippen LogP contribution is 2.28. The minimum atomic E-state index is -0.518. The number of imidazole rings is 1. The van der Waals surface area contributed by atoms with Crippen LogP contribution in [-0.2, 0) is 6.42 Å². The minimum absolute atomic E-state index is 0.178. The molecule has 0 spiro atoms. The molecule has 0 radical (unpaired) electrons. The van der Waals surface area contributed by atoms with Gasteiger partial charge in [0.2, 0.25) is 0 Å². The van der Waals surface area contributed by atoms with Crippen LogP contribution < -0.4 is 5.32 Å². The Morgan fingerprint density at radius 3 is 2.86 bits per heavy atom. The number of aromatic nitrogens is 3. The average molecular weight is 393 g/mol. The second-order valence-corrected chi connectivity index (χ2v) is 7.09. The lowest BCUT2D eigenvalue weighted by molar-refractivity contribution is -0.384. The maximum Gasteiger partial charge on any atom is 0.294 e. The van der Waals surface area contributed by atoms with E-state index in [0.29, 0.717) is 10.8 Å². The second-order valence-electron chi connectivity index (χ2n) is 6.06. The van der Waals surface area contributed by atoms with Gasteiger partial charge in [0.1, 0.15) is 5.69 Å². The first kappa shape index (κ1) is 17.8. The molecule has 0 fully saturated rings. The summed E-state index contributed by atoms with van der Waals surface area (Å²) in [5.41, 5.74) is 2.34. The van der Waals surface area contributed by atoms with E-state index >= 15 is 0 Å². The summed E-state index contributed by atoms with van der Waals surface area (Å²) >= 11 is 1.37. The molecule has 1 amide bonds. The minimum Gasteiger partial charge on any atom is -0.300 e. The molecule has 0 aliphatic carbocycles. The first-order chi connectivity index (χ1) is 13.5. The fraction of sp³-hybridized carbons (Fsp3) is 0.105. The van der Waals surface area contributed by atoms with Crippen molar-refractivity contribution in [2.75, 3.05) is 5.32 Å². The summed E-state index contributed by atoms with van der Waals surface area (Å²) in [5.74, 6) is -0.449. The molecule has 28 heavy (non-hydrogen) atoms. The van der Waals surface area contributed by atoms with Crippen molar-refractivity contribution in [1.82, 2.24) is 14.5 Å². The van der Waals surface area contributed by atoms with E-state index in [1.54, 1.807) is 12.3 Å². The van der Waals surface area contributed by atoms with E-state index in [2.05, 4.69) is 22.2 Å². The maximum atomic E-state index is 12.6. The van der Waals surface area contributed by atoms with Crippen molar-refractivity contribution < 1.29 is 9.72 Å². The van der Waals surface area contributed by atoms with Crippen molar-refractivity contribution >= 4 is 38.3 Å². The number of fused-ring (bicyclic) bond motifs is 1. The molecular weight excluding hydrogens is 378 g/mol. The summed E-state index contributed by atoms with van der Waals surface area (Å²) in [7, 11) is 0. The molecule has 0 atom stereocenters. The van der Waals surface area contributed by atoms with Crippen LogP contribution in [0, 0.1) is 10.1 Å². The fourth-order valence-corrected chi connectivity index (χ4v) is 3.77. The smallest absolute Gasteiger partial charge is 0.294 e. The highest BCUT2D eigenvalue weighted by molar-refractivity contribution is 7.22. The number of hydrogen-bond acceptors (Lipinski definition) is 6. The molecule has 0 aliphatic heterocycles. The molecule has 0 unspecified atom stereocenters. The molecule has 2 aromatic heterocycles. The number of nitro groups is 1. The van der Waals surface area contributed by atoms with Gasteiger partial charge in [-0.25, -0.2) is 9.97 Å². The van der Waals surface area contributed by atoms with Crippen LogP contribution in [0.1, 0.15) is 22.8 Å². The van der Waals surface area contributed by atoms with Gasteiger partial charge in [0.05, 0.1) is 21.5 Å². The maximum absolute atomic E-state index is 12.6. The van der Waals surface area contributed by atoms with Crippen molar-refractivity contribution in [3.05, 3.63) is 76.4 Å². The van der Waals surface area contributed by atoms with Crippen molar-refractivity contribution in [2.24, 2.45) is 0 Å². The number of nitrogens with one attached hydrogen (secondary N) is 1. The number of anilines is 1. The Morgan fingerprint density at radius 2 is 2.14 bits per heavy atom. The van der Waals surface area contributed by atoms with Crippen LogP contribution >= 0.6 is 11.3 Å². The van der Waals surface area contributed by atoms with Crippen LogP contribution in [0.5, 0.6) is 0 Å². The van der Waals surface area contributed by atoms with Gasteiger partial charge in [-0.15, -0.1) is 0 Å². The summed E-state index contributed by atoms with van der Waals surface area (Å²) in [6.07, 6.45) is 5.52. The molecule has 0 aliphatic rings. The zero-order chi connectivity index (χ0) is 19.7. The Hall–Kier alpha value is -3.59. The third-order valence-corrected chi connectivity index (χ3v) is 5.23. The zero-order valence-electron chi connectivity index (χ0n) is 14.8. The molecule has 4 rings (SSSR count). The fourth-order valence-electron chi connectivity index (χ4n) is 2.84. The van der Waals surface area contributed by atoms with Gasteiger partial charge in [0.15, 0.2) is 5.13 Å². The molecular formula is C19H15N5O3S. The van der Waals surface area contributed by atoms with E-state index in [-0.39, 0.29) is 11.3 Å². The summed E-state index contributed by atoms with van der Waals surface area (Å²) < 4.78 is 2.51. The van der Waals surface area contributed by atoms with Crippen LogP contribution in [-0.4, -0.2) is 25.4 Å². The van der Waals surface area contributed by atoms with Gasteiger partial charge in [0.25, 0.3) is 11.6 Å². The van der Waals surface area contributed by atoms with Crippen LogP contribution in [0.4, 0.5) is 10.8 Å². The summed E-state index contributed by atoms with van der Waals surface area (Å²) in [4.78, 5) is 31.8. The Balaban J connectivity index is 1.63. The number of carbonyl (C=O) groups is 1. The number of aryl methyl sites for hydroxylation is 1. The van der Waals surface area contributed by atoms with Gasteiger partial charge in [-0.2, -0.15) is 0 Å². The van der Waals surface area contributed by atoms with E-state index in [1.165, 1.54) is 46.1 Å². The van der Waals surface area contributed by atoms with E-state index < -0.39 is 10.8 Å². The Bertz CT molecular complexity index is 1180. The zero-order valence-corrected chi connectivity index (χ0v) is 15.6. The number of thiazole rings is 1.